The highest BCUT2D eigenvalue weighted by Gasteiger charge is 2.22. The van der Waals surface area contributed by atoms with E-state index >= 15 is 0 Å². The van der Waals surface area contributed by atoms with E-state index in [4.69, 9.17) is 10.5 Å². The van der Waals surface area contributed by atoms with E-state index in [2.05, 4.69) is 23.9 Å². The number of methoxy groups -OCH3 is 1. The molecule has 1 aliphatic rings. The molecule has 1 heterocycles. The van der Waals surface area contributed by atoms with Gasteiger partial charge in [-0.25, -0.2) is 4.39 Å². The van der Waals surface area contributed by atoms with Crippen molar-refractivity contribution in [1.82, 2.24) is 9.80 Å². The Balaban J connectivity index is 1.96. The maximum absolute atomic E-state index is 13.8. The second-order valence-corrected chi connectivity index (χ2v) is 6.00. The van der Waals surface area contributed by atoms with Crippen molar-refractivity contribution in [3.05, 3.63) is 29.6 Å². The molecular formula is C16H26FN3O. The van der Waals surface area contributed by atoms with Gasteiger partial charge in [0.15, 0.2) is 11.6 Å². The Kier molecular flexibility index (Phi) is 5.56. The third-order valence-electron chi connectivity index (χ3n) is 4.31. The highest BCUT2D eigenvalue weighted by Crippen LogP contribution is 2.22. The molecule has 1 fully saturated rings. The lowest BCUT2D eigenvalue weighted by Gasteiger charge is -2.37. The molecule has 0 spiro atoms. The molecule has 5 heteroatoms. The van der Waals surface area contributed by atoms with Crippen molar-refractivity contribution in [1.29, 1.82) is 0 Å². The number of ether oxygens (including phenoxy) is 1. The quantitative estimate of drug-likeness (QED) is 0.900. The molecule has 0 aliphatic carbocycles. The minimum absolute atomic E-state index is 0.192. The maximum Gasteiger partial charge on any atom is 0.165 e. The molecule has 21 heavy (non-hydrogen) atoms. The molecule has 2 unspecified atom stereocenters. The highest BCUT2D eigenvalue weighted by molar-refractivity contribution is 5.31. The second kappa shape index (κ2) is 7.20. The summed E-state index contributed by atoms with van der Waals surface area (Å²) in [4.78, 5) is 4.64. The van der Waals surface area contributed by atoms with Crippen LogP contribution in [0.15, 0.2) is 18.2 Å². The molecule has 1 saturated heterocycles. The topological polar surface area (TPSA) is 41.7 Å². The number of rotatable bonds is 5. The summed E-state index contributed by atoms with van der Waals surface area (Å²) in [6.07, 6.45) is 2.42. The molecule has 0 aromatic heterocycles. The van der Waals surface area contributed by atoms with Crippen molar-refractivity contribution < 1.29 is 9.13 Å². The summed E-state index contributed by atoms with van der Waals surface area (Å²) in [7, 11) is 5.72. The Labute approximate surface area is 126 Å². The van der Waals surface area contributed by atoms with Crippen molar-refractivity contribution in [3.63, 3.8) is 0 Å². The molecule has 1 aromatic carbocycles. The molecule has 2 rings (SSSR count). The van der Waals surface area contributed by atoms with E-state index in [1.54, 1.807) is 6.07 Å². The fourth-order valence-electron chi connectivity index (χ4n) is 2.98. The average molecular weight is 295 g/mol. The maximum atomic E-state index is 13.8. The zero-order valence-corrected chi connectivity index (χ0v) is 13.2. The van der Waals surface area contributed by atoms with Crippen LogP contribution in [0.3, 0.4) is 0 Å². The number of benzene rings is 1. The van der Waals surface area contributed by atoms with Crippen LogP contribution >= 0.6 is 0 Å². The summed E-state index contributed by atoms with van der Waals surface area (Å²) in [5, 5.41) is 0. The van der Waals surface area contributed by atoms with Gasteiger partial charge in [-0.2, -0.15) is 0 Å². The molecular weight excluding hydrogens is 269 g/mol. The lowest BCUT2D eigenvalue weighted by atomic mass is 10.0. The Morgan fingerprint density at radius 1 is 1.52 bits per heavy atom. The molecule has 2 N–H and O–H groups in total. The van der Waals surface area contributed by atoms with E-state index in [1.165, 1.54) is 32.6 Å². The Hall–Kier alpha value is -1.17. The van der Waals surface area contributed by atoms with Crippen molar-refractivity contribution in [2.45, 2.75) is 24.9 Å². The normalized spacial score (nSPS) is 21.5. The Morgan fingerprint density at radius 3 is 2.90 bits per heavy atom. The fraction of sp³-hybridized carbons (Fsp3) is 0.625. The Bertz CT molecular complexity index is 469. The third-order valence-corrected chi connectivity index (χ3v) is 4.31. The van der Waals surface area contributed by atoms with E-state index in [1.807, 2.05) is 6.07 Å². The van der Waals surface area contributed by atoms with Gasteiger partial charge in [0.05, 0.1) is 7.11 Å². The predicted octanol–water partition coefficient (Wildman–Crippen LogP) is 1.86. The van der Waals surface area contributed by atoms with Crippen LogP contribution in [0.25, 0.3) is 0 Å². The predicted molar refractivity (Wildman–Crippen MR) is 83.0 cm³/mol. The standard InChI is InChI=1S/C16H26FN3O/c1-19-8-4-5-13(10-19)20(2)11-15(18)12-6-7-16(21-3)14(17)9-12/h6-7,9,13,15H,4-5,8,10-11,18H2,1-3H3. The SMILES string of the molecule is COc1ccc(C(N)CN(C)C2CCCN(C)C2)cc1F. The Morgan fingerprint density at radius 2 is 2.29 bits per heavy atom. The van der Waals surface area contributed by atoms with Crippen molar-refractivity contribution >= 4 is 0 Å². The lowest BCUT2D eigenvalue weighted by Crippen LogP contribution is -2.46. The number of likely N-dealkylation sites (N-methyl/N-ethyl adjacent to an activating group) is 2. The number of likely N-dealkylation sites (tertiary alicyclic amines) is 1. The molecule has 0 saturated carbocycles. The van der Waals surface area contributed by atoms with Gasteiger partial charge in [0.25, 0.3) is 0 Å². The van der Waals surface area contributed by atoms with Crippen LogP contribution in [0, 0.1) is 5.82 Å². The van der Waals surface area contributed by atoms with Crippen LogP contribution in [0.2, 0.25) is 0 Å². The fourth-order valence-corrected chi connectivity index (χ4v) is 2.98. The van der Waals surface area contributed by atoms with Gasteiger partial charge in [-0.05, 0) is 51.2 Å². The second-order valence-electron chi connectivity index (χ2n) is 6.00. The molecule has 1 aromatic rings. The first-order valence-electron chi connectivity index (χ1n) is 7.49. The van der Waals surface area contributed by atoms with E-state index in [0.717, 1.165) is 18.7 Å². The largest absolute Gasteiger partial charge is 0.494 e. The molecule has 0 bridgehead atoms. The first kappa shape index (κ1) is 16.2. The van der Waals surface area contributed by atoms with E-state index in [0.29, 0.717) is 6.04 Å². The number of hydrogen-bond acceptors (Lipinski definition) is 4. The summed E-state index contributed by atoms with van der Waals surface area (Å²) >= 11 is 0. The van der Waals surface area contributed by atoms with Gasteiger partial charge in [0.2, 0.25) is 0 Å². The van der Waals surface area contributed by atoms with Crippen LogP contribution in [-0.4, -0.2) is 56.7 Å². The van der Waals surface area contributed by atoms with Crippen LogP contribution < -0.4 is 10.5 Å². The van der Waals surface area contributed by atoms with Gasteiger partial charge in [-0.3, -0.25) is 0 Å². The first-order valence-corrected chi connectivity index (χ1v) is 7.49. The summed E-state index contributed by atoms with van der Waals surface area (Å²) in [6.45, 7) is 2.96. The van der Waals surface area contributed by atoms with Gasteiger partial charge < -0.3 is 20.3 Å². The molecule has 118 valence electrons. The monoisotopic (exact) mass is 295 g/mol. The average Bonchev–Trinajstić information content (AvgIpc) is 2.47. The number of nitrogens with two attached hydrogens (primary N) is 1. The van der Waals surface area contributed by atoms with Crippen LogP contribution in [0.4, 0.5) is 4.39 Å². The molecule has 0 radical (unpaired) electrons. The number of halogens is 1. The number of piperidine rings is 1. The van der Waals surface area contributed by atoms with Gasteiger partial charge in [-0.1, -0.05) is 6.07 Å². The van der Waals surface area contributed by atoms with Crippen LogP contribution in [0.1, 0.15) is 24.4 Å². The summed E-state index contributed by atoms with van der Waals surface area (Å²) < 4.78 is 18.7. The lowest BCUT2D eigenvalue weighted by molar-refractivity contribution is 0.129. The smallest absolute Gasteiger partial charge is 0.165 e. The van der Waals surface area contributed by atoms with E-state index in [-0.39, 0.29) is 17.6 Å². The van der Waals surface area contributed by atoms with E-state index < -0.39 is 0 Å². The molecule has 0 amide bonds. The van der Waals surface area contributed by atoms with Gasteiger partial charge in [0.1, 0.15) is 0 Å². The number of nitrogens with zero attached hydrogens (tertiary/aromatic N) is 2. The minimum atomic E-state index is -0.356. The van der Waals surface area contributed by atoms with Crippen LogP contribution in [0.5, 0.6) is 5.75 Å². The van der Waals surface area contributed by atoms with Crippen molar-refractivity contribution in [2.24, 2.45) is 5.73 Å². The summed E-state index contributed by atoms with van der Waals surface area (Å²) in [5.74, 6) is -0.0984. The zero-order valence-electron chi connectivity index (χ0n) is 13.2. The van der Waals surface area contributed by atoms with Crippen LogP contribution in [-0.2, 0) is 0 Å². The molecule has 1 aliphatic heterocycles. The summed E-state index contributed by atoms with van der Waals surface area (Å²) in [5.41, 5.74) is 7.04. The van der Waals surface area contributed by atoms with Gasteiger partial charge in [-0.15, -0.1) is 0 Å². The summed E-state index contributed by atoms with van der Waals surface area (Å²) in [6, 6.07) is 5.29. The van der Waals surface area contributed by atoms with E-state index in [9.17, 15) is 4.39 Å². The van der Waals surface area contributed by atoms with Crippen molar-refractivity contribution in [3.8, 4) is 5.75 Å². The van der Waals surface area contributed by atoms with Crippen molar-refractivity contribution in [2.75, 3.05) is 40.8 Å². The highest BCUT2D eigenvalue weighted by atomic mass is 19.1. The zero-order chi connectivity index (χ0) is 15.4. The van der Waals surface area contributed by atoms with Gasteiger partial charge >= 0.3 is 0 Å². The molecule has 2 atom stereocenters. The minimum Gasteiger partial charge on any atom is -0.494 e. The molecule has 4 nitrogen and oxygen atoms in total. The van der Waals surface area contributed by atoms with Gasteiger partial charge in [0, 0.05) is 25.2 Å². The number of hydrogen-bond donors (Lipinski definition) is 1. The first-order chi connectivity index (χ1) is 10.0. The third kappa shape index (κ3) is 4.15.